The van der Waals surface area contributed by atoms with E-state index in [0.29, 0.717) is 6.54 Å². The number of aromatic nitrogens is 3. The molecule has 2 N–H and O–H groups in total. The van der Waals surface area contributed by atoms with Crippen molar-refractivity contribution in [2.24, 2.45) is 0 Å². The molecule has 0 aliphatic heterocycles. The van der Waals surface area contributed by atoms with Crippen molar-refractivity contribution in [1.82, 2.24) is 15.0 Å². The maximum Gasteiger partial charge on any atom is 0.0889 e. The summed E-state index contributed by atoms with van der Waals surface area (Å²) in [5, 5.41) is 8.15. The summed E-state index contributed by atoms with van der Waals surface area (Å²) in [5.74, 6) is 0. The average molecular weight is 250 g/mol. The molecule has 0 fully saturated rings. The van der Waals surface area contributed by atoms with Gasteiger partial charge in [0.15, 0.2) is 0 Å². The monoisotopic (exact) mass is 250 g/mol. The van der Waals surface area contributed by atoms with Crippen LogP contribution in [0.5, 0.6) is 0 Å². The predicted molar refractivity (Wildman–Crippen MR) is 75.4 cm³/mol. The van der Waals surface area contributed by atoms with Crippen LogP contribution >= 0.6 is 0 Å². The molecule has 2 aromatic carbocycles. The standard InChI is InChI=1S/C15H14N4/c16-14-8-6-12(7-9-14)11-19-15(10-17-18-19)13-4-2-1-3-5-13/h1-10H,11,16H2. The largest absolute Gasteiger partial charge is 0.399 e. The first-order chi connectivity index (χ1) is 9.33. The van der Waals surface area contributed by atoms with Gasteiger partial charge >= 0.3 is 0 Å². The van der Waals surface area contributed by atoms with Gasteiger partial charge in [-0.1, -0.05) is 47.7 Å². The molecule has 0 amide bonds. The Labute approximate surface area is 111 Å². The highest BCUT2D eigenvalue weighted by atomic mass is 15.4. The van der Waals surface area contributed by atoms with Crippen molar-refractivity contribution in [3.8, 4) is 11.3 Å². The molecule has 0 bridgehead atoms. The van der Waals surface area contributed by atoms with Crippen molar-refractivity contribution in [2.75, 3.05) is 5.73 Å². The minimum absolute atomic E-state index is 0.685. The zero-order chi connectivity index (χ0) is 13.1. The summed E-state index contributed by atoms with van der Waals surface area (Å²) < 4.78 is 1.89. The molecule has 0 saturated heterocycles. The first-order valence-electron chi connectivity index (χ1n) is 6.11. The predicted octanol–water partition coefficient (Wildman–Crippen LogP) is 2.58. The van der Waals surface area contributed by atoms with Crippen molar-refractivity contribution in [2.45, 2.75) is 6.54 Å². The lowest BCUT2D eigenvalue weighted by atomic mass is 10.1. The molecule has 3 rings (SSSR count). The van der Waals surface area contributed by atoms with Gasteiger partial charge in [-0.3, -0.25) is 0 Å². The van der Waals surface area contributed by atoms with Crippen molar-refractivity contribution in [3.05, 3.63) is 66.4 Å². The molecule has 0 radical (unpaired) electrons. The zero-order valence-electron chi connectivity index (χ0n) is 10.4. The molecule has 0 unspecified atom stereocenters. The molecule has 19 heavy (non-hydrogen) atoms. The third-order valence-electron chi connectivity index (χ3n) is 3.00. The fourth-order valence-electron chi connectivity index (χ4n) is 2.00. The summed E-state index contributed by atoms with van der Waals surface area (Å²) in [5.41, 5.74) is 9.73. The van der Waals surface area contributed by atoms with E-state index in [2.05, 4.69) is 22.4 Å². The Morgan fingerprint density at radius 3 is 2.42 bits per heavy atom. The first-order valence-corrected chi connectivity index (χ1v) is 6.11. The van der Waals surface area contributed by atoms with Crippen molar-refractivity contribution in [3.63, 3.8) is 0 Å². The molecule has 0 aliphatic rings. The van der Waals surface area contributed by atoms with Crippen molar-refractivity contribution < 1.29 is 0 Å². The van der Waals surface area contributed by atoms with Gasteiger partial charge in [0.05, 0.1) is 18.4 Å². The minimum Gasteiger partial charge on any atom is -0.399 e. The van der Waals surface area contributed by atoms with Gasteiger partial charge in [0.2, 0.25) is 0 Å². The van der Waals surface area contributed by atoms with E-state index >= 15 is 0 Å². The van der Waals surface area contributed by atoms with E-state index in [-0.39, 0.29) is 0 Å². The van der Waals surface area contributed by atoms with Gasteiger partial charge < -0.3 is 5.73 Å². The van der Waals surface area contributed by atoms with E-state index < -0.39 is 0 Å². The molecule has 1 heterocycles. The maximum absolute atomic E-state index is 5.69. The first kappa shape index (κ1) is 11.5. The smallest absolute Gasteiger partial charge is 0.0889 e. The number of rotatable bonds is 3. The van der Waals surface area contributed by atoms with Gasteiger partial charge in [-0.25, -0.2) is 4.68 Å². The SMILES string of the molecule is Nc1ccc(Cn2nncc2-c2ccccc2)cc1. The number of benzene rings is 2. The highest BCUT2D eigenvalue weighted by molar-refractivity contribution is 5.58. The molecule has 4 nitrogen and oxygen atoms in total. The molecule has 94 valence electrons. The van der Waals surface area contributed by atoms with Crippen molar-refractivity contribution >= 4 is 5.69 Å². The maximum atomic E-state index is 5.69. The summed E-state index contributed by atoms with van der Waals surface area (Å²) in [6, 6.07) is 17.9. The van der Waals surface area contributed by atoms with E-state index in [4.69, 9.17) is 5.73 Å². The molecular weight excluding hydrogens is 236 g/mol. The molecule has 0 spiro atoms. The highest BCUT2D eigenvalue weighted by Crippen LogP contribution is 2.18. The molecule has 1 aromatic heterocycles. The topological polar surface area (TPSA) is 56.7 Å². The fraction of sp³-hybridized carbons (Fsp3) is 0.0667. The molecule has 4 heteroatoms. The van der Waals surface area contributed by atoms with Crippen LogP contribution in [-0.4, -0.2) is 15.0 Å². The van der Waals surface area contributed by atoms with E-state index in [0.717, 1.165) is 22.5 Å². The van der Waals surface area contributed by atoms with Crippen LogP contribution in [0.25, 0.3) is 11.3 Å². The second kappa shape index (κ2) is 4.94. The van der Waals surface area contributed by atoms with Crippen LogP contribution in [0.3, 0.4) is 0 Å². The highest BCUT2D eigenvalue weighted by Gasteiger charge is 2.06. The summed E-state index contributed by atoms with van der Waals surface area (Å²) in [6.45, 7) is 0.685. The number of nitrogens with zero attached hydrogens (tertiary/aromatic N) is 3. The quantitative estimate of drug-likeness (QED) is 0.727. The summed E-state index contributed by atoms with van der Waals surface area (Å²) in [6.07, 6.45) is 1.78. The Hall–Kier alpha value is -2.62. The second-order valence-corrected chi connectivity index (χ2v) is 4.38. The average Bonchev–Trinajstić information content (AvgIpc) is 2.90. The number of hydrogen-bond donors (Lipinski definition) is 1. The lowest BCUT2D eigenvalue weighted by molar-refractivity contribution is 0.655. The van der Waals surface area contributed by atoms with Gasteiger partial charge in [0.1, 0.15) is 0 Å². The van der Waals surface area contributed by atoms with Crippen LogP contribution in [-0.2, 0) is 6.54 Å². The Balaban J connectivity index is 1.91. The third-order valence-corrected chi connectivity index (χ3v) is 3.00. The Bertz CT molecular complexity index is 656. The minimum atomic E-state index is 0.685. The van der Waals surface area contributed by atoms with Crippen molar-refractivity contribution in [1.29, 1.82) is 0 Å². The van der Waals surface area contributed by atoms with Crippen LogP contribution in [0.4, 0.5) is 5.69 Å². The van der Waals surface area contributed by atoms with Crippen LogP contribution in [0.15, 0.2) is 60.8 Å². The van der Waals surface area contributed by atoms with E-state index in [1.54, 1.807) is 6.20 Å². The van der Waals surface area contributed by atoms with Crippen LogP contribution in [0.1, 0.15) is 5.56 Å². The lowest BCUT2D eigenvalue weighted by Gasteiger charge is -2.06. The van der Waals surface area contributed by atoms with E-state index in [1.165, 1.54) is 0 Å². The number of hydrogen-bond acceptors (Lipinski definition) is 3. The molecular formula is C15H14N4. The molecule has 3 aromatic rings. The number of anilines is 1. The normalized spacial score (nSPS) is 10.5. The third kappa shape index (κ3) is 2.47. The van der Waals surface area contributed by atoms with Gasteiger partial charge in [-0.2, -0.15) is 0 Å². The number of nitrogen functional groups attached to an aromatic ring is 1. The van der Waals surface area contributed by atoms with Gasteiger partial charge in [0.25, 0.3) is 0 Å². The second-order valence-electron chi connectivity index (χ2n) is 4.38. The fourth-order valence-corrected chi connectivity index (χ4v) is 2.00. The van der Waals surface area contributed by atoms with E-state index in [1.807, 2.05) is 47.1 Å². The van der Waals surface area contributed by atoms with E-state index in [9.17, 15) is 0 Å². The Morgan fingerprint density at radius 1 is 0.947 bits per heavy atom. The summed E-state index contributed by atoms with van der Waals surface area (Å²) in [7, 11) is 0. The Morgan fingerprint density at radius 2 is 1.68 bits per heavy atom. The Kier molecular flexibility index (Phi) is 2.98. The summed E-state index contributed by atoms with van der Waals surface area (Å²) in [4.78, 5) is 0. The number of nitrogens with two attached hydrogens (primary N) is 1. The van der Waals surface area contributed by atoms with Crippen LogP contribution in [0.2, 0.25) is 0 Å². The van der Waals surface area contributed by atoms with Crippen LogP contribution in [0, 0.1) is 0 Å². The van der Waals surface area contributed by atoms with Gasteiger partial charge in [-0.05, 0) is 17.7 Å². The molecule has 0 atom stereocenters. The molecule has 0 aliphatic carbocycles. The summed E-state index contributed by atoms with van der Waals surface area (Å²) >= 11 is 0. The van der Waals surface area contributed by atoms with Gasteiger partial charge in [-0.15, -0.1) is 5.10 Å². The molecule has 0 saturated carbocycles. The zero-order valence-corrected chi connectivity index (χ0v) is 10.4. The lowest BCUT2D eigenvalue weighted by Crippen LogP contribution is -2.04. The van der Waals surface area contributed by atoms with Gasteiger partial charge in [0, 0.05) is 11.3 Å². The van der Waals surface area contributed by atoms with Crippen LogP contribution < -0.4 is 5.73 Å².